The molecule has 0 aromatic heterocycles. The van der Waals surface area contributed by atoms with Crippen molar-refractivity contribution in [3.63, 3.8) is 0 Å². The fraction of sp³-hybridized carbons (Fsp3) is 0.917. The minimum atomic E-state index is -0.307. The number of aliphatic hydroxyl groups is 1. The van der Waals surface area contributed by atoms with Gasteiger partial charge in [0.1, 0.15) is 6.10 Å². The van der Waals surface area contributed by atoms with Crippen LogP contribution in [0.3, 0.4) is 0 Å². The molecule has 0 aromatic rings. The summed E-state index contributed by atoms with van der Waals surface area (Å²) in [5, 5.41) is 9.00. The van der Waals surface area contributed by atoms with Crippen LogP contribution in [0.1, 0.15) is 44.9 Å². The molecule has 2 rings (SSSR count). The van der Waals surface area contributed by atoms with Crippen molar-refractivity contribution in [3.05, 3.63) is 0 Å². The topological polar surface area (TPSA) is 49.8 Å². The molecule has 2 fully saturated rings. The molecule has 1 N–H and O–H groups in total. The van der Waals surface area contributed by atoms with Gasteiger partial charge in [-0.05, 0) is 12.8 Å². The van der Waals surface area contributed by atoms with Crippen LogP contribution in [-0.4, -0.2) is 41.4 Å². The zero-order valence-electron chi connectivity index (χ0n) is 9.73. The van der Waals surface area contributed by atoms with Gasteiger partial charge in [0.2, 0.25) is 0 Å². The summed E-state index contributed by atoms with van der Waals surface area (Å²) >= 11 is 0. The first kappa shape index (κ1) is 11.7. The number of aliphatic hydroxyl groups excluding tert-OH is 1. The van der Waals surface area contributed by atoms with Crippen molar-refractivity contribution in [2.75, 3.05) is 13.2 Å². The Bertz CT molecular complexity index is 236. The molecular formula is C12H21NO3. The minimum absolute atomic E-state index is 0.0606. The second-order valence-electron chi connectivity index (χ2n) is 4.84. The van der Waals surface area contributed by atoms with Gasteiger partial charge in [0, 0.05) is 6.04 Å². The summed E-state index contributed by atoms with van der Waals surface area (Å²) in [7, 11) is 0. The van der Waals surface area contributed by atoms with Gasteiger partial charge in [-0.2, -0.15) is 0 Å². The van der Waals surface area contributed by atoms with Crippen molar-refractivity contribution >= 4 is 6.09 Å². The Hall–Kier alpha value is -0.770. The number of hydrogen-bond donors (Lipinski definition) is 1. The van der Waals surface area contributed by atoms with E-state index in [0.717, 1.165) is 12.8 Å². The summed E-state index contributed by atoms with van der Waals surface area (Å²) in [6, 6.07) is 0.337. The smallest absolute Gasteiger partial charge is 0.410 e. The average molecular weight is 227 g/mol. The Morgan fingerprint density at radius 2 is 1.81 bits per heavy atom. The van der Waals surface area contributed by atoms with Gasteiger partial charge in [-0.1, -0.05) is 32.1 Å². The van der Waals surface area contributed by atoms with Crippen molar-refractivity contribution in [3.8, 4) is 0 Å². The zero-order chi connectivity index (χ0) is 11.4. The Morgan fingerprint density at radius 3 is 2.38 bits per heavy atom. The summed E-state index contributed by atoms with van der Waals surface area (Å²) in [4.78, 5) is 13.5. The molecule has 1 atom stereocenters. The SMILES string of the molecule is O=C1O[C@@H](CO)CN1C1CCCCCCC1. The number of amides is 1. The van der Waals surface area contributed by atoms with Gasteiger partial charge >= 0.3 is 6.09 Å². The number of hydrogen-bond acceptors (Lipinski definition) is 3. The molecule has 0 radical (unpaired) electrons. The summed E-state index contributed by atoms with van der Waals surface area (Å²) < 4.78 is 5.09. The van der Waals surface area contributed by atoms with Crippen LogP contribution in [0.5, 0.6) is 0 Å². The fourth-order valence-electron chi connectivity index (χ4n) is 2.68. The van der Waals surface area contributed by atoms with Gasteiger partial charge in [-0.25, -0.2) is 4.79 Å². The molecule has 2 aliphatic rings. The highest BCUT2D eigenvalue weighted by Crippen LogP contribution is 2.25. The van der Waals surface area contributed by atoms with Crippen LogP contribution >= 0.6 is 0 Å². The van der Waals surface area contributed by atoms with E-state index in [1.807, 2.05) is 4.90 Å². The predicted octanol–water partition coefficient (Wildman–Crippen LogP) is 1.91. The van der Waals surface area contributed by atoms with Crippen LogP contribution in [0, 0.1) is 0 Å². The van der Waals surface area contributed by atoms with Crippen LogP contribution in [0.2, 0.25) is 0 Å². The third-order valence-electron chi connectivity index (χ3n) is 3.62. The van der Waals surface area contributed by atoms with Gasteiger partial charge in [0.15, 0.2) is 0 Å². The Balaban J connectivity index is 1.91. The summed E-state index contributed by atoms with van der Waals surface area (Å²) in [5.41, 5.74) is 0. The molecule has 0 spiro atoms. The lowest BCUT2D eigenvalue weighted by Crippen LogP contribution is -2.37. The number of rotatable bonds is 2. The second-order valence-corrected chi connectivity index (χ2v) is 4.84. The summed E-state index contributed by atoms with van der Waals surface area (Å²) in [6.45, 7) is 0.509. The van der Waals surface area contributed by atoms with Crippen molar-refractivity contribution in [1.82, 2.24) is 4.90 Å². The molecule has 16 heavy (non-hydrogen) atoms. The third-order valence-corrected chi connectivity index (χ3v) is 3.62. The summed E-state index contributed by atoms with van der Waals surface area (Å²) in [5.74, 6) is 0. The maximum absolute atomic E-state index is 11.6. The van der Waals surface area contributed by atoms with Crippen LogP contribution in [0.4, 0.5) is 4.79 Å². The van der Waals surface area contributed by atoms with Crippen LogP contribution < -0.4 is 0 Å². The molecule has 1 aliphatic carbocycles. The van der Waals surface area contributed by atoms with E-state index >= 15 is 0 Å². The first-order chi connectivity index (χ1) is 7.81. The monoisotopic (exact) mass is 227 g/mol. The highest BCUT2D eigenvalue weighted by molar-refractivity contribution is 5.70. The Morgan fingerprint density at radius 1 is 1.19 bits per heavy atom. The molecule has 1 heterocycles. The fourth-order valence-corrected chi connectivity index (χ4v) is 2.68. The van der Waals surface area contributed by atoms with Gasteiger partial charge in [-0.15, -0.1) is 0 Å². The van der Waals surface area contributed by atoms with E-state index in [1.54, 1.807) is 0 Å². The Labute approximate surface area is 96.6 Å². The number of cyclic esters (lactones) is 1. The Kier molecular flexibility index (Phi) is 4.04. The molecule has 0 aromatic carbocycles. The normalized spacial score (nSPS) is 28.7. The largest absolute Gasteiger partial charge is 0.442 e. The third kappa shape index (κ3) is 2.67. The second kappa shape index (κ2) is 5.53. The van der Waals surface area contributed by atoms with E-state index in [9.17, 15) is 4.79 Å². The van der Waals surface area contributed by atoms with E-state index in [1.165, 1.54) is 32.1 Å². The van der Waals surface area contributed by atoms with Crippen LogP contribution in [0.15, 0.2) is 0 Å². The standard InChI is InChI=1S/C12H21NO3/c14-9-11-8-13(12(15)16-11)10-6-4-2-1-3-5-7-10/h10-11,14H,1-9H2/t11-/m1/s1. The molecule has 0 unspecified atom stereocenters. The van der Waals surface area contributed by atoms with Crippen molar-refractivity contribution in [2.45, 2.75) is 57.1 Å². The lowest BCUT2D eigenvalue weighted by atomic mass is 9.96. The molecular weight excluding hydrogens is 206 g/mol. The molecule has 1 saturated carbocycles. The van der Waals surface area contributed by atoms with Crippen molar-refractivity contribution < 1.29 is 14.6 Å². The zero-order valence-corrected chi connectivity index (χ0v) is 9.73. The van der Waals surface area contributed by atoms with Gasteiger partial charge < -0.3 is 14.7 Å². The molecule has 92 valence electrons. The van der Waals surface area contributed by atoms with Crippen molar-refractivity contribution in [2.24, 2.45) is 0 Å². The van der Waals surface area contributed by atoms with Crippen molar-refractivity contribution in [1.29, 1.82) is 0 Å². The van der Waals surface area contributed by atoms with E-state index < -0.39 is 0 Å². The first-order valence-corrected chi connectivity index (χ1v) is 6.39. The van der Waals surface area contributed by atoms with E-state index in [2.05, 4.69) is 0 Å². The first-order valence-electron chi connectivity index (χ1n) is 6.39. The van der Waals surface area contributed by atoms with Gasteiger partial charge in [0.05, 0.1) is 13.2 Å². The molecule has 1 aliphatic heterocycles. The number of nitrogens with zero attached hydrogens (tertiary/aromatic N) is 1. The minimum Gasteiger partial charge on any atom is -0.442 e. The average Bonchev–Trinajstić information content (AvgIpc) is 2.60. The molecule has 4 nitrogen and oxygen atoms in total. The van der Waals surface area contributed by atoms with Crippen LogP contribution in [-0.2, 0) is 4.74 Å². The number of carbonyl (C=O) groups is 1. The van der Waals surface area contributed by atoms with Gasteiger partial charge in [0.25, 0.3) is 0 Å². The number of ether oxygens (including phenoxy) is 1. The maximum atomic E-state index is 11.6. The highest BCUT2D eigenvalue weighted by atomic mass is 16.6. The predicted molar refractivity (Wildman–Crippen MR) is 60.2 cm³/mol. The summed E-state index contributed by atoms with van der Waals surface area (Å²) in [6.07, 6.45) is 7.95. The van der Waals surface area contributed by atoms with Crippen LogP contribution in [0.25, 0.3) is 0 Å². The molecule has 1 amide bonds. The maximum Gasteiger partial charge on any atom is 0.410 e. The lowest BCUT2D eigenvalue weighted by Gasteiger charge is -2.27. The van der Waals surface area contributed by atoms with E-state index in [0.29, 0.717) is 12.6 Å². The number of carbonyl (C=O) groups excluding carboxylic acids is 1. The van der Waals surface area contributed by atoms with E-state index in [-0.39, 0.29) is 18.8 Å². The molecule has 4 heteroatoms. The quantitative estimate of drug-likeness (QED) is 0.784. The highest BCUT2D eigenvalue weighted by Gasteiger charge is 2.35. The molecule has 0 bridgehead atoms. The van der Waals surface area contributed by atoms with Gasteiger partial charge in [-0.3, -0.25) is 0 Å². The molecule has 1 saturated heterocycles. The van der Waals surface area contributed by atoms with E-state index in [4.69, 9.17) is 9.84 Å². The lowest BCUT2D eigenvalue weighted by molar-refractivity contribution is 0.0936.